The van der Waals surface area contributed by atoms with Gasteiger partial charge in [-0.15, -0.1) is 0 Å². The molecule has 0 bridgehead atoms. The van der Waals surface area contributed by atoms with E-state index < -0.39 is 0 Å². The van der Waals surface area contributed by atoms with E-state index in [9.17, 15) is 5.11 Å². The molecule has 1 saturated carbocycles. The fourth-order valence-corrected chi connectivity index (χ4v) is 2.82. The number of aliphatic hydroxyl groups excluding tert-OH is 1. The summed E-state index contributed by atoms with van der Waals surface area (Å²) in [6, 6.07) is 0.968. The van der Waals surface area contributed by atoms with Gasteiger partial charge in [0.2, 0.25) is 0 Å². The second kappa shape index (κ2) is 5.86. The number of nitrogens with zero attached hydrogens (tertiary/aromatic N) is 1. The molecule has 4 atom stereocenters. The maximum Gasteiger partial charge on any atom is 0.0690 e. The minimum Gasteiger partial charge on any atom is -0.392 e. The molecule has 1 aliphatic carbocycles. The molecule has 4 unspecified atom stereocenters. The molecule has 90 valence electrons. The van der Waals surface area contributed by atoms with Crippen LogP contribution in [0.25, 0.3) is 0 Å². The van der Waals surface area contributed by atoms with Gasteiger partial charge in [-0.3, -0.25) is 4.90 Å². The molecule has 1 aliphatic rings. The standard InChI is InChI=1S/C13H27NO/c1-5-13(15)11(3)14(4)12-9-7-6-8-10(12)2/h10-13,15H,5-9H2,1-4H3. The van der Waals surface area contributed by atoms with Crippen molar-refractivity contribution in [2.45, 2.75) is 71.1 Å². The number of likely N-dealkylation sites (N-methyl/N-ethyl adjacent to an activating group) is 1. The third kappa shape index (κ3) is 3.18. The van der Waals surface area contributed by atoms with E-state index in [-0.39, 0.29) is 6.10 Å². The molecule has 0 aliphatic heterocycles. The van der Waals surface area contributed by atoms with Crippen LogP contribution >= 0.6 is 0 Å². The Morgan fingerprint density at radius 3 is 2.47 bits per heavy atom. The number of aliphatic hydroxyl groups is 1. The van der Waals surface area contributed by atoms with E-state index in [0.29, 0.717) is 12.1 Å². The quantitative estimate of drug-likeness (QED) is 0.776. The third-order valence-corrected chi connectivity index (χ3v) is 4.21. The first kappa shape index (κ1) is 13.0. The van der Waals surface area contributed by atoms with Crippen molar-refractivity contribution in [3.05, 3.63) is 0 Å². The summed E-state index contributed by atoms with van der Waals surface area (Å²) in [5, 5.41) is 9.87. The summed E-state index contributed by atoms with van der Waals surface area (Å²) in [5.41, 5.74) is 0. The van der Waals surface area contributed by atoms with Crippen LogP contribution in [0, 0.1) is 5.92 Å². The lowest BCUT2D eigenvalue weighted by Gasteiger charge is -2.41. The first-order valence-electron chi connectivity index (χ1n) is 6.48. The minimum absolute atomic E-state index is 0.177. The Kier molecular flexibility index (Phi) is 5.07. The Balaban J connectivity index is 2.53. The van der Waals surface area contributed by atoms with Gasteiger partial charge in [-0.2, -0.15) is 0 Å². The lowest BCUT2D eigenvalue weighted by molar-refractivity contribution is 0.0219. The van der Waals surface area contributed by atoms with Crippen molar-refractivity contribution < 1.29 is 5.11 Å². The molecule has 0 saturated heterocycles. The molecule has 2 nitrogen and oxygen atoms in total. The summed E-state index contributed by atoms with van der Waals surface area (Å²) >= 11 is 0. The van der Waals surface area contributed by atoms with E-state index in [2.05, 4.69) is 32.7 Å². The summed E-state index contributed by atoms with van der Waals surface area (Å²) in [6.07, 6.45) is 6.07. The van der Waals surface area contributed by atoms with Gasteiger partial charge in [-0.25, -0.2) is 0 Å². The summed E-state index contributed by atoms with van der Waals surface area (Å²) < 4.78 is 0. The van der Waals surface area contributed by atoms with E-state index in [1.54, 1.807) is 0 Å². The lowest BCUT2D eigenvalue weighted by Crippen LogP contribution is -2.48. The fourth-order valence-electron chi connectivity index (χ4n) is 2.82. The van der Waals surface area contributed by atoms with Crippen LogP contribution in [0.4, 0.5) is 0 Å². The number of rotatable bonds is 4. The van der Waals surface area contributed by atoms with Crippen LogP contribution in [-0.2, 0) is 0 Å². The molecule has 1 rings (SSSR count). The Hall–Kier alpha value is -0.0800. The first-order valence-corrected chi connectivity index (χ1v) is 6.48. The van der Waals surface area contributed by atoms with Crippen molar-refractivity contribution in [3.8, 4) is 0 Å². The molecule has 0 aromatic rings. The second-order valence-corrected chi connectivity index (χ2v) is 5.21. The van der Waals surface area contributed by atoms with Crippen molar-refractivity contribution in [2.75, 3.05) is 7.05 Å². The number of hydrogen-bond acceptors (Lipinski definition) is 2. The van der Waals surface area contributed by atoms with Gasteiger partial charge in [0.05, 0.1) is 6.10 Å². The number of hydrogen-bond donors (Lipinski definition) is 1. The summed E-state index contributed by atoms with van der Waals surface area (Å²) in [6.45, 7) is 6.56. The van der Waals surface area contributed by atoms with Crippen molar-refractivity contribution in [1.29, 1.82) is 0 Å². The third-order valence-electron chi connectivity index (χ3n) is 4.21. The molecule has 15 heavy (non-hydrogen) atoms. The Bertz CT molecular complexity index is 183. The Labute approximate surface area is 94.7 Å². The van der Waals surface area contributed by atoms with E-state index in [0.717, 1.165) is 12.3 Å². The average Bonchev–Trinajstić information content (AvgIpc) is 2.26. The molecule has 1 N–H and O–H groups in total. The normalized spacial score (nSPS) is 31.6. The van der Waals surface area contributed by atoms with Crippen LogP contribution < -0.4 is 0 Å². The van der Waals surface area contributed by atoms with Gasteiger partial charge < -0.3 is 5.11 Å². The zero-order chi connectivity index (χ0) is 11.4. The molecular weight excluding hydrogens is 186 g/mol. The summed E-state index contributed by atoms with van der Waals surface area (Å²) in [4.78, 5) is 2.40. The predicted octanol–water partition coefficient (Wildman–Crippen LogP) is 2.66. The highest BCUT2D eigenvalue weighted by Crippen LogP contribution is 2.29. The highest BCUT2D eigenvalue weighted by molar-refractivity contribution is 4.84. The molecule has 0 spiro atoms. The van der Waals surface area contributed by atoms with E-state index in [1.165, 1.54) is 25.7 Å². The molecule has 0 heterocycles. The molecule has 2 heteroatoms. The maximum absolute atomic E-state index is 9.87. The largest absolute Gasteiger partial charge is 0.392 e. The van der Waals surface area contributed by atoms with Gasteiger partial charge in [0.1, 0.15) is 0 Å². The zero-order valence-electron chi connectivity index (χ0n) is 10.7. The summed E-state index contributed by atoms with van der Waals surface area (Å²) in [7, 11) is 2.18. The van der Waals surface area contributed by atoms with Crippen molar-refractivity contribution in [2.24, 2.45) is 5.92 Å². The average molecular weight is 213 g/mol. The molecule has 1 fully saturated rings. The maximum atomic E-state index is 9.87. The molecule has 0 aromatic carbocycles. The van der Waals surface area contributed by atoms with E-state index >= 15 is 0 Å². The Morgan fingerprint density at radius 1 is 1.33 bits per heavy atom. The van der Waals surface area contributed by atoms with Crippen LogP contribution in [0.15, 0.2) is 0 Å². The van der Waals surface area contributed by atoms with E-state index in [1.807, 2.05) is 0 Å². The highest BCUT2D eigenvalue weighted by Gasteiger charge is 2.29. The van der Waals surface area contributed by atoms with Crippen molar-refractivity contribution in [3.63, 3.8) is 0 Å². The lowest BCUT2D eigenvalue weighted by atomic mass is 9.84. The molecule has 0 aromatic heterocycles. The van der Waals surface area contributed by atoms with Gasteiger partial charge in [-0.1, -0.05) is 26.7 Å². The molecular formula is C13H27NO. The molecule has 0 radical (unpaired) electrons. The second-order valence-electron chi connectivity index (χ2n) is 5.21. The van der Waals surface area contributed by atoms with Gasteiger partial charge in [-0.05, 0) is 39.2 Å². The fraction of sp³-hybridized carbons (Fsp3) is 1.00. The summed E-state index contributed by atoms with van der Waals surface area (Å²) in [5.74, 6) is 0.787. The zero-order valence-corrected chi connectivity index (χ0v) is 10.7. The first-order chi connectivity index (χ1) is 7.07. The minimum atomic E-state index is -0.177. The van der Waals surface area contributed by atoms with Crippen molar-refractivity contribution in [1.82, 2.24) is 4.90 Å². The SMILES string of the molecule is CCC(O)C(C)N(C)C1CCCCC1C. The predicted molar refractivity (Wildman–Crippen MR) is 64.9 cm³/mol. The van der Waals surface area contributed by atoms with Gasteiger partial charge in [0.15, 0.2) is 0 Å². The topological polar surface area (TPSA) is 23.5 Å². The van der Waals surface area contributed by atoms with Gasteiger partial charge in [0, 0.05) is 12.1 Å². The smallest absolute Gasteiger partial charge is 0.0690 e. The molecule has 0 amide bonds. The highest BCUT2D eigenvalue weighted by atomic mass is 16.3. The van der Waals surface area contributed by atoms with Crippen LogP contribution in [0.2, 0.25) is 0 Å². The van der Waals surface area contributed by atoms with Gasteiger partial charge in [0.25, 0.3) is 0 Å². The van der Waals surface area contributed by atoms with Crippen molar-refractivity contribution >= 4 is 0 Å². The van der Waals surface area contributed by atoms with Crippen LogP contribution in [0.3, 0.4) is 0 Å². The van der Waals surface area contributed by atoms with Gasteiger partial charge >= 0.3 is 0 Å². The van der Waals surface area contributed by atoms with E-state index in [4.69, 9.17) is 0 Å². The van der Waals surface area contributed by atoms with Crippen LogP contribution in [0.5, 0.6) is 0 Å². The van der Waals surface area contributed by atoms with Crippen LogP contribution in [-0.4, -0.2) is 35.2 Å². The van der Waals surface area contributed by atoms with Crippen LogP contribution in [0.1, 0.15) is 52.9 Å². The Morgan fingerprint density at radius 2 is 1.93 bits per heavy atom. The monoisotopic (exact) mass is 213 g/mol.